The fraction of sp³-hybridized carbons (Fsp3) is 0.0714. The van der Waals surface area contributed by atoms with E-state index in [1.54, 1.807) is 24.3 Å². The van der Waals surface area contributed by atoms with Gasteiger partial charge in [0.15, 0.2) is 5.84 Å². The Kier molecular flexibility index (Phi) is 5.33. The molecule has 110 valence electrons. The van der Waals surface area contributed by atoms with Crippen molar-refractivity contribution in [3.05, 3.63) is 62.0 Å². The maximum Gasteiger partial charge on any atom is 0.170 e. The number of hydrogen-bond acceptors (Lipinski definition) is 3. The van der Waals surface area contributed by atoms with Crippen LogP contribution in [0.15, 0.2) is 46.0 Å². The highest BCUT2D eigenvalue weighted by atomic mass is 79.9. The van der Waals surface area contributed by atoms with Gasteiger partial charge in [-0.1, -0.05) is 52.6 Å². The van der Waals surface area contributed by atoms with Gasteiger partial charge < -0.3 is 15.7 Å². The summed E-state index contributed by atoms with van der Waals surface area (Å²) in [6.45, 7) is 0.328. The van der Waals surface area contributed by atoms with Crippen molar-refractivity contribution in [1.82, 2.24) is 0 Å². The molecular formula is C14H11BrCl2N2O2. The topological polar surface area (TPSA) is 67.8 Å². The fourth-order valence-corrected chi connectivity index (χ4v) is 2.45. The van der Waals surface area contributed by atoms with Crippen LogP contribution in [-0.4, -0.2) is 11.0 Å². The van der Waals surface area contributed by atoms with Gasteiger partial charge in [-0.25, -0.2) is 0 Å². The molecule has 0 saturated carbocycles. The predicted molar refractivity (Wildman–Crippen MR) is 87.4 cm³/mol. The molecule has 3 N–H and O–H groups in total. The largest absolute Gasteiger partial charge is 0.487 e. The molecule has 7 heteroatoms. The summed E-state index contributed by atoms with van der Waals surface area (Å²) in [5.41, 5.74) is 7.04. The monoisotopic (exact) mass is 388 g/mol. The number of nitrogens with zero attached hydrogens (tertiary/aromatic N) is 1. The quantitative estimate of drug-likeness (QED) is 0.267. The Balaban J connectivity index is 2.08. The second-order valence-electron chi connectivity index (χ2n) is 4.17. The van der Waals surface area contributed by atoms with Gasteiger partial charge in [-0.05, 0) is 27.6 Å². The Hall–Kier alpha value is -1.43. The first-order chi connectivity index (χ1) is 10.0. The van der Waals surface area contributed by atoms with Crippen molar-refractivity contribution in [2.75, 3.05) is 0 Å². The third kappa shape index (κ3) is 4.03. The Morgan fingerprint density at radius 1 is 1.19 bits per heavy atom. The van der Waals surface area contributed by atoms with Crippen LogP contribution < -0.4 is 10.5 Å². The minimum Gasteiger partial charge on any atom is -0.487 e. The molecular weight excluding hydrogens is 379 g/mol. The highest BCUT2D eigenvalue weighted by Crippen LogP contribution is 2.34. The average Bonchev–Trinajstić information content (AvgIpc) is 2.49. The van der Waals surface area contributed by atoms with E-state index in [1.165, 1.54) is 0 Å². The first-order valence-corrected chi connectivity index (χ1v) is 7.40. The van der Waals surface area contributed by atoms with E-state index in [4.69, 9.17) is 38.9 Å². The SMILES string of the molecule is N/C(=N/O)c1ccc(COc2cc(Cl)c(Br)cc2Cl)cc1. The number of hydrogen-bond donors (Lipinski definition) is 2. The molecule has 0 amide bonds. The molecule has 0 fully saturated rings. The lowest BCUT2D eigenvalue weighted by Gasteiger charge is -2.10. The standard InChI is InChI=1S/C14H11BrCl2N2O2/c15-10-5-12(17)13(6-11(10)16)21-7-8-1-3-9(4-2-8)14(18)19-20/h1-6,20H,7H2,(H2,18,19). The molecule has 0 aliphatic heterocycles. The van der Waals surface area contributed by atoms with Crippen molar-refractivity contribution in [1.29, 1.82) is 0 Å². The Bertz CT molecular complexity index is 675. The third-order valence-electron chi connectivity index (χ3n) is 2.73. The van der Waals surface area contributed by atoms with E-state index < -0.39 is 0 Å². The van der Waals surface area contributed by atoms with Crippen LogP contribution in [0.2, 0.25) is 10.0 Å². The molecule has 0 heterocycles. The Labute approximate surface area is 140 Å². The molecule has 2 aromatic carbocycles. The van der Waals surface area contributed by atoms with E-state index in [9.17, 15) is 0 Å². The van der Waals surface area contributed by atoms with Crippen LogP contribution in [0.1, 0.15) is 11.1 Å². The number of oxime groups is 1. The normalized spacial score (nSPS) is 11.5. The molecule has 0 bridgehead atoms. The first-order valence-electron chi connectivity index (χ1n) is 5.85. The van der Waals surface area contributed by atoms with Gasteiger partial charge in [0.1, 0.15) is 12.4 Å². The second kappa shape index (κ2) is 7.02. The summed E-state index contributed by atoms with van der Waals surface area (Å²) in [5.74, 6) is 0.565. The van der Waals surface area contributed by atoms with Gasteiger partial charge in [0.2, 0.25) is 0 Å². The zero-order valence-electron chi connectivity index (χ0n) is 10.7. The molecule has 0 aliphatic carbocycles. The summed E-state index contributed by atoms with van der Waals surface area (Å²) in [6, 6.07) is 10.5. The second-order valence-corrected chi connectivity index (χ2v) is 5.84. The Morgan fingerprint density at radius 3 is 2.48 bits per heavy atom. The van der Waals surface area contributed by atoms with Gasteiger partial charge in [-0.3, -0.25) is 0 Å². The molecule has 2 aromatic rings. The summed E-state index contributed by atoms with van der Waals surface area (Å²) < 4.78 is 6.35. The summed E-state index contributed by atoms with van der Waals surface area (Å²) >= 11 is 15.4. The molecule has 0 radical (unpaired) electrons. The number of nitrogens with two attached hydrogens (primary N) is 1. The van der Waals surface area contributed by atoms with E-state index in [0.29, 0.717) is 32.4 Å². The van der Waals surface area contributed by atoms with Crippen LogP contribution in [0.5, 0.6) is 5.75 Å². The molecule has 2 rings (SSSR count). The minimum absolute atomic E-state index is 0.0604. The number of benzene rings is 2. The highest BCUT2D eigenvalue weighted by molar-refractivity contribution is 9.10. The van der Waals surface area contributed by atoms with Gasteiger partial charge in [0.05, 0.1) is 10.0 Å². The average molecular weight is 390 g/mol. The Morgan fingerprint density at radius 2 is 1.86 bits per heavy atom. The van der Waals surface area contributed by atoms with Crippen molar-refractivity contribution < 1.29 is 9.94 Å². The molecule has 0 unspecified atom stereocenters. The van der Waals surface area contributed by atoms with Crippen LogP contribution >= 0.6 is 39.1 Å². The van der Waals surface area contributed by atoms with Crippen LogP contribution in [0.4, 0.5) is 0 Å². The van der Waals surface area contributed by atoms with E-state index in [1.807, 2.05) is 12.1 Å². The summed E-state index contributed by atoms with van der Waals surface area (Å²) in [7, 11) is 0. The molecule has 0 spiro atoms. The fourth-order valence-electron chi connectivity index (χ4n) is 1.61. The lowest BCUT2D eigenvalue weighted by molar-refractivity contribution is 0.306. The van der Waals surface area contributed by atoms with Crippen molar-refractivity contribution >= 4 is 45.0 Å². The van der Waals surface area contributed by atoms with Crippen molar-refractivity contribution in [2.24, 2.45) is 10.9 Å². The summed E-state index contributed by atoms with van der Waals surface area (Å²) in [4.78, 5) is 0. The zero-order valence-corrected chi connectivity index (χ0v) is 13.8. The van der Waals surface area contributed by atoms with Crippen molar-refractivity contribution in [3.63, 3.8) is 0 Å². The van der Waals surface area contributed by atoms with Crippen LogP contribution in [0.25, 0.3) is 0 Å². The summed E-state index contributed by atoms with van der Waals surface area (Å²) in [5, 5.41) is 12.5. The number of halogens is 3. The lowest BCUT2D eigenvalue weighted by atomic mass is 10.1. The van der Waals surface area contributed by atoms with Crippen LogP contribution in [0.3, 0.4) is 0 Å². The maximum atomic E-state index is 8.60. The third-order valence-corrected chi connectivity index (χ3v) is 4.22. The smallest absolute Gasteiger partial charge is 0.170 e. The molecule has 0 atom stereocenters. The van der Waals surface area contributed by atoms with Gasteiger partial charge in [0, 0.05) is 16.1 Å². The molecule has 21 heavy (non-hydrogen) atoms. The van der Waals surface area contributed by atoms with Gasteiger partial charge >= 0.3 is 0 Å². The van der Waals surface area contributed by atoms with Crippen LogP contribution in [-0.2, 0) is 6.61 Å². The number of rotatable bonds is 4. The van der Waals surface area contributed by atoms with Crippen molar-refractivity contribution in [2.45, 2.75) is 6.61 Å². The first kappa shape index (κ1) is 15.9. The van der Waals surface area contributed by atoms with Gasteiger partial charge in [0.25, 0.3) is 0 Å². The minimum atomic E-state index is 0.0604. The molecule has 0 aromatic heterocycles. The highest BCUT2D eigenvalue weighted by Gasteiger charge is 2.07. The van der Waals surface area contributed by atoms with E-state index in [2.05, 4.69) is 21.1 Å². The van der Waals surface area contributed by atoms with Gasteiger partial charge in [-0.15, -0.1) is 0 Å². The predicted octanol–water partition coefficient (Wildman–Crippen LogP) is 4.43. The summed E-state index contributed by atoms with van der Waals surface area (Å²) in [6.07, 6.45) is 0. The van der Waals surface area contributed by atoms with Crippen molar-refractivity contribution in [3.8, 4) is 5.75 Å². The van der Waals surface area contributed by atoms with Crippen LogP contribution in [0, 0.1) is 0 Å². The van der Waals surface area contributed by atoms with E-state index in [-0.39, 0.29) is 5.84 Å². The zero-order chi connectivity index (χ0) is 15.4. The van der Waals surface area contributed by atoms with Gasteiger partial charge in [-0.2, -0.15) is 0 Å². The lowest BCUT2D eigenvalue weighted by Crippen LogP contribution is -2.12. The molecule has 4 nitrogen and oxygen atoms in total. The maximum absolute atomic E-state index is 8.60. The van der Waals surface area contributed by atoms with E-state index >= 15 is 0 Å². The van der Waals surface area contributed by atoms with E-state index in [0.717, 1.165) is 5.56 Å². The molecule has 0 aliphatic rings. The molecule has 0 saturated heterocycles. The number of ether oxygens (including phenoxy) is 1. The number of amidine groups is 1.